The van der Waals surface area contributed by atoms with Gasteiger partial charge in [0.25, 0.3) is 5.91 Å². The van der Waals surface area contributed by atoms with Crippen molar-refractivity contribution in [3.05, 3.63) is 40.4 Å². The number of aromatic nitrogens is 1. The smallest absolute Gasteiger partial charge is 0.256 e. The monoisotopic (exact) mass is 498 g/mol. The van der Waals surface area contributed by atoms with E-state index in [1.54, 1.807) is 18.2 Å². The molecule has 0 spiro atoms. The molecule has 0 saturated carbocycles. The Morgan fingerprint density at radius 3 is 3.03 bits per heavy atom. The van der Waals surface area contributed by atoms with Gasteiger partial charge in [0, 0.05) is 30.9 Å². The van der Waals surface area contributed by atoms with E-state index in [1.807, 2.05) is 23.2 Å². The lowest BCUT2D eigenvalue weighted by Crippen LogP contribution is -2.35. The summed E-state index contributed by atoms with van der Waals surface area (Å²) < 4.78 is 12.8. The first kappa shape index (κ1) is 22.6. The highest BCUT2D eigenvalue weighted by Gasteiger charge is 2.32. The number of carbonyl (C=O) groups excluding carboxylic acids is 2. The van der Waals surface area contributed by atoms with E-state index in [0.29, 0.717) is 45.9 Å². The van der Waals surface area contributed by atoms with Gasteiger partial charge in [-0.05, 0) is 43.5 Å². The molecule has 2 aromatic carbocycles. The van der Waals surface area contributed by atoms with E-state index in [4.69, 9.17) is 21.1 Å². The molecule has 34 heavy (non-hydrogen) atoms. The predicted octanol–water partition coefficient (Wildman–Crippen LogP) is 5.08. The lowest BCUT2D eigenvalue weighted by atomic mass is 10.1. The second-order valence-electron chi connectivity index (χ2n) is 8.16. The number of thiazole rings is 1. The molecule has 8 nitrogen and oxygen atoms in total. The van der Waals surface area contributed by atoms with Gasteiger partial charge in [0.15, 0.2) is 16.0 Å². The van der Waals surface area contributed by atoms with E-state index in [2.05, 4.69) is 15.3 Å². The van der Waals surface area contributed by atoms with Crippen LogP contribution in [0, 0.1) is 0 Å². The maximum absolute atomic E-state index is 13.0. The van der Waals surface area contributed by atoms with Crippen LogP contribution in [0.25, 0.3) is 10.2 Å². The average Bonchev–Trinajstić information content (AvgIpc) is 3.42. The number of fused-ring (bicyclic) bond motifs is 3. The molecule has 0 unspecified atom stereocenters. The van der Waals surface area contributed by atoms with Crippen LogP contribution in [0.15, 0.2) is 35.3 Å². The van der Waals surface area contributed by atoms with Crippen LogP contribution in [-0.4, -0.2) is 54.2 Å². The zero-order valence-electron chi connectivity index (χ0n) is 18.5. The van der Waals surface area contributed by atoms with Crippen molar-refractivity contribution >= 4 is 62.6 Å². The van der Waals surface area contributed by atoms with E-state index in [1.165, 1.54) is 18.4 Å². The third-order valence-electron chi connectivity index (χ3n) is 5.91. The standard InChI is InChI=1S/C24H23ClN4O4S/c1-32-19-11-16-17(26-13-15-4-2-8-29(15)23(16)31)12-20(19)33-9-3-5-22(30)27-14-6-7-21-18(10-14)28-24(25)34-21/h6-7,10-13,15H,2-5,8-9H2,1H3,(H,27,30)/t15-/m0/s1. The van der Waals surface area contributed by atoms with Gasteiger partial charge in [-0.3, -0.25) is 14.6 Å². The molecule has 3 aromatic rings. The maximum Gasteiger partial charge on any atom is 0.256 e. The minimum Gasteiger partial charge on any atom is -0.493 e. The summed E-state index contributed by atoms with van der Waals surface area (Å²) in [7, 11) is 1.54. The van der Waals surface area contributed by atoms with Crippen LogP contribution in [0.5, 0.6) is 11.5 Å². The molecule has 2 aliphatic heterocycles. The van der Waals surface area contributed by atoms with Crippen molar-refractivity contribution in [2.24, 2.45) is 4.99 Å². The molecule has 2 aliphatic rings. The average molecular weight is 499 g/mol. The van der Waals surface area contributed by atoms with Gasteiger partial charge in [-0.15, -0.1) is 11.3 Å². The summed E-state index contributed by atoms with van der Waals surface area (Å²) in [6, 6.07) is 9.00. The van der Waals surface area contributed by atoms with Gasteiger partial charge in [-0.25, -0.2) is 4.98 Å². The lowest BCUT2D eigenvalue weighted by Gasteiger charge is -2.20. The summed E-state index contributed by atoms with van der Waals surface area (Å²) >= 11 is 7.34. The normalized spacial score (nSPS) is 16.8. The lowest BCUT2D eigenvalue weighted by molar-refractivity contribution is -0.116. The number of anilines is 1. The van der Waals surface area contributed by atoms with Crippen molar-refractivity contribution in [3.63, 3.8) is 0 Å². The Morgan fingerprint density at radius 2 is 2.18 bits per heavy atom. The number of methoxy groups -OCH3 is 1. The summed E-state index contributed by atoms with van der Waals surface area (Å²) in [5, 5.41) is 2.88. The number of benzene rings is 2. The topological polar surface area (TPSA) is 93.1 Å². The second kappa shape index (κ2) is 9.60. The number of nitrogens with one attached hydrogen (secondary N) is 1. The van der Waals surface area contributed by atoms with Crippen LogP contribution in [-0.2, 0) is 4.79 Å². The molecule has 2 amide bonds. The van der Waals surface area contributed by atoms with E-state index >= 15 is 0 Å². The second-order valence-corrected chi connectivity index (χ2v) is 9.77. The zero-order valence-corrected chi connectivity index (χ0v) is 20.1. The number of nitrogens with zero attached hydrogens (tertiary/aromatic N) is 3. The van der Waals surface area contributed by atoms with Crippen molar-refractivity contribution in [2.45, 2.75) is 31.7 Å². The number of hydrogen-bond donors (Lipinski definition) is 1. The first-order valence-corrected chi connectivity index (χ1v) is 12.3. The zero-order chi connectivity index (χ0) is 23.7. The summed E-state index contributed by atoms with van der Waals surface area (Å²) in [4.78, 5) is 35.9. The number of rotatable bonds is 7. The van der Waals surface area contributed by atoms with Crippen molar-refractivity contribution in [1.82, 2.24) is 9.88 Å². The highest BCUT2D eigenvalue weighted by atomic mass is 35.5. The molecule has 176 valence electrons. The molecule has 1 N–H and O–H groups in total. The Labute approximate surface area is 205 Å². The Balaban J connectivity index is 1.19. The third kappa shape index (κ3) is 4.58. The third-order valence-corrected chi connectivity index (χ3v) is 7.05. The summed E-state index contributed by atoms with van der Waals surface area (Å²) in [5.41, 5.74) is 2.52. The highest BCUT2D eigenvalue weighted by molar-refractivity contribution is 7.22. The number of halogens is 1. The van der Waals surface area contributed by atoms with Crippen LogP contribution in [0.3, 0.4) is 0 Å². The van der Waals surface area contributed by atoms with Gasteiger partial charge < -0.3 is 19.7 Å². The summed E-state index contributed by atoms with van der Waals surface area (Å²) in [6.07, 6.45) is 4.55. The van der Waals surface area contributed by atoms with Gasteiger partial charge in [-0.2, -0.15) is 0 Å². The molecule has 0 aliphatic carbocycles. The fraction of sp³-hybridized carbons (Fsp3) is 0.333. The van der Waals surface area contributed by atoms with Crippen molar-refractivity contribution in [1.29, 1.82) is 0 Å². The Morgan fingerprint density at radius 1 is 1.29 bits per heavy atom. The van der Waals surface area contributed by atoms with Crippen molar-refractivity contribution in [3.8, 4) is 11.5 Å². The minimum absolute atomic E-state index is 0.0327. The van der Waals surface area contributed by atoms with E-state index in [0.717, 1.165) is 29.6 Å². The number of amides is 2. The minimum atomic E-state index is -0.117. The predicted molar refractivity (Wildman–Crippen MR) is 133 cm³/mol. The maximum atomic E-state index is 13.0. The molecule has 5 rings (SSSR count). The number of hydrogen-bond acceptors (Lipinski definition) is 7. The van der Waals surface area contributed by atoms with E-state index < -0.39 is 0 Å². The molecule has 0 bridgehead atoms. The van der Waals surface area contributed by atoms with Gasteiger partial charge in [0.05, 0.1) is 41.2 Å². The van der Waals surface area contributed by atoms with Crippen molar-refractivity contribution < 1.29 is 19.1 Å². The van der Waals surface area contributed by atoms with Crippen LogP contribution >= 0.6 is 22.9 Å². The molecule has 1 aromatic heterocycles. The first-order valence-electron chi connectivity index (χ1n) is 11.1. The van der Waals surface area contributed by atoms with E-state index in [-0.39, 0.29) is 24.3 Å². The molecule has 1 fully saturated rings. The molecule has 3 heterocycles. The number of carbonyl (C=O) groups is 2. The molecule has 10 heteroatoms. The van der Waals surface area contributed by atoms with Gasteiger partial charge >= 0.3 is 0 Å². The number of aliphatic imine (C=N–C) groups is 1. The molecule has 1 saturated heterocycles. The Hall–Kier alpha value is -3.17. The largest absolute Gasteiger partial charge is 0.493 e. The summed E-state index contributed by atoms with van der Waals surface area (Å²) in [5.74, 6) is 0.822. The van der Waals surface area contributed by atoms with Gasteiger partial charge in [0.1, 0.15) is 0 Å². The quantitative estimate of drug-likeness (QED) is 0.459. The van der Waals surface area contributed by atoms with Crippen LogP contribution in [0.4, 0.5) is 11.4 Å². The first-order chi connectivity index (χ1) is 16.5. The van der Waals surface area contributed by atoms with E-state index in [9.17, 15) is 9.59 Å². The molecular weight excluding hydrogens is 476 g/mol. The van der Waals surface area contributed by atoms with Crippen molar-refractivity contribution in [2.75, 3.05) is 25.6 Å². The Kier molecular flexibility index (Phi) is 6.38. The van der Waals surface area contributed by atoms with Gasteiger partial charge in [0.2, 0.25) is 5.91 Å². The fourth-order valence-corrected chi connectivity index (χ4v) is 5.25. The van der Waals surface area contributed by atoms with Gasteiger partial charge in [-0.1, -0.05) is 11.6 Å². The summed E-state index contributed by atoms with van der Waals surface area (Å²) in [6.45, 7) is 1.05. The Bertz CT molecular complexity index is 1290. The molecule has 1 atom stereocenters. The molecular formula is C24H23ClN4O4S. The molecule has 0 radical (unpaired) electrons. The number of ether oxygens (including phenoxy) is 2. The van der Waals surface area contributed by atoms with Crippen LogP contribution < -0.4 is 14.8 Å². The highest BCUT2D eigenvalue weighted by Crippen LogP contribution is 2.38. The fourth-order valence-electron chi connectivity index (χ4n) is 4.24. The SMILES string of the molecule is COc1cc2c(cc1OCCCC(=O)Nc1ccc3sc(Cl)nc3c1)N=C[C@@H]1CCCN1C2=O. The van der Waals surface area contributed by atoms with Crippen LogP contribution in [0.2, 0.25) is 4.47 Å². The van der Waals surface area contributed by atoms with Crippen LogP contribution in [0.1, 0.15) is 36.0 Å².